The van der Waals surface area contributed by atoms with Gasteiger partial charge in [-0.3, -0.25) is 0 Å². The first-order valence-corrected chi connectivity index (χ1v) is 7.75. The summed E-state index contributed by atoms with van der Waals surface area (Å²) in [6.07, 6.45) is 1.09. The minimum absolute atomic E-state index is 0.0996. The van der Waals surface area contributed by atoms with Crippen molar-refractivity contribution in [2.24, 2.45) is 0 Å². The van der Waals surface area contributed by atoms with Crippen LogP contribution >= 0.6 is 0 Å². The molecule has 0 aliphatic carbocycles. The highest BCUT2D eigenvalue weighted by atomic mass is 32.2. The second-order valence-corrected chi connectivity index (χ2v) is 7.60. The molecule has 20 heavy (non-hydrogen) atoms. The number of nitrogen functional groups attached to an aromatic ring is 1. The van der Waals surface area contributed by atoms with Crippen molar-refractivity contribution in [3.63, 3.8) is 0 Å². The van der Waals surface area contributed by atoms with E-state index in [1.54, 1.807) is 6.07 Å². The van der Waals surface area contributed by atoms with Crippen molar-refractivity contribution in [3.05, 3.63) is 35.8 Å². The largest absolute Gasteiger partial charge is 0.367 e. The second kappa shape index (κ2) is 4.59. The molecule has 0 saturated heterocycles. The first-order valence-electron chi connectivity index (χ1n) is 5.86. The maximum Gasteiger partial charge on any atom is 0.230 e. The molecule has 0 bridgehead atoms. The van der Waals surface area contributed by atoms with Crippen molar-refractivity contribution in [2.45, 2.75) is 18.6 Å². The molecular formula is C13H15FN2O3S. The zero-order valence-corrected chi connectivity index (χ0v) is 12.2. The molecule has 2 rings (SSSR count). The number of sulfone groups is 1. The van der Waals surface area contributed by atoms with E-state index < -0.39 is 20.4 Å². The van der Waals surface area contributed by atoms with Crippen LogP contribution in [0.2, 0.25) is 0 Å². The molecule has 1 aromatic heterocycles. The van der Waals surface area contributed by atoms with E-state index in [1.165, 1.54) is 32.0 Å². The Labute approximate surface area is 116 Å². The standard InChI is InChI=1S/C13H15FN2O3S/c1-13(2,20(3,17)18)11-10(12(15)19-16-11)8-6-4-5-7-9(8)14/h4-7H,15H2,1-3H3. The smallest absolute Gasteiger partial charge is 0.230 e. The fourth-order valence-corrected chi connectivity index (χ4v) is 2.30. The molecule has 0 atom stereocenters. The van der Waals surface area contributed by atoms with Gasteiger partial charge in [0.15, 0.2) is 9.84 Å². The number of nitrogens with zero attached hydrogens (tertiary/aromatic N) is 1. The number of anilines is 1. The lowest BCUT2D eigenvalue weighted by atomic mass is 9.98. The Kier molecular flexibility index (Phi) is 3.33. The Bertz CT molecular complexity index is 751. The van der Waals surface area contributed by atoms with Crippen LogP contribution in [0, 0.1) is 5.82 Å². The van der Waals surface area contributed by atoms with Crippen molar-refractivity contribution in [3.8, 4) is 11.1 Å². The van der Waals surface area contributed by atoms with Crippen LogP contribution in [-0.2, 0) is 14.6 Å². The van der Waals surface area contributed by atoms with Gasteiger partial charge in [0.05, 0.1) is 5.56 Å². The second-order valence-electron chi connectivity index (χ2n) is 5.03. The Morgan fingerprint density at radius 2 is 1.90 bits per heavy atom. The van der Waals surface area contributed by atoms with Crippen LogP contribution in [0.15, 0.2) is 28.8 Å². The molecule has 5 nitrogen and oxygen atoms in total. The highest BCUT2D eigenvalue weighted by Gasteiger charge is 2.39. The van der Waals surface area contributed by atoms with Crippen molar-refractivity contribution in [1.29, 1.82) is 0 Å². The van der Waals surface area contributed by atoms with E-state index in [0.717, 1.165) is 6.26 Å². The summed E-state index contributed by atoms with van der Waals surface area (Å²) in [6.45, 7) is 2.95. The van der Waals surface area contributed by atoms with Crippen LogP contribution in [0.1, 0.15) is 19.5 Å². The number of aromatic nitrogens is 1. The van der Waals surface area contributed by atoms with Crippen LogP contribution in [-0.4, -0.2) is 19.8 Å². The molecule has 0 radical (unpaired) electrons. The highest BCUT2D eigenvalue weighted by molar-refractivity contribution is 7.91. The Balaban J connectivity index is 2.75. The molecular weight excluding hydrogens is 283 g/mol. The van der Waals surface area contributed by atoms with Gasteiger partial charge in [-0.1, -0.05) is 23.4 Å². The summed E-state index contributed by atoms with van der Waals surface area (Å²) in [7, 11) is -3.49. The van der Waals surface area contributed by atoms with Gasteiger partial charge in [0, 0.05) is 11.8 Å². The molecule has 0 spiro atoms. The molecule has 1 heterocycles. The van der Waals surface area contributed by atoms with Gasteiger partial charge >= 0.3 is 0 Å². The van der Waals surface area contributed by atoms with E-state index in [4.69, 9.17) is 10.3 Å². The van der Waals surface area contributed by atoms with Gasteiger partial charge in [-0.15, -0.1) is 0 Å². The topological polar surface area (TPSA) is 86.2 Å². The first-order chi connectivity index (χ1) is 9.16. The van der Waals surface area contributed by atoms with Gasteiger partial charge in [-0.05, 0) is 19.9 Å². The predicted octanol–water partition coefficient (Wildman–Crippen LogP) is 2.34. The monoisotopic (exact) mass is 298 g/mol. The summed E-state index contributed by atoms with van der Waals surface area (Å²) in [5, 5.41) is 3.73. The van der Waals surface area contributed by atoms with Crippen molar-refractivity contribution in [2.75, 3.05) is 12.0 Å². The summed E-state index contributed by atoms with van der Waals surface area (Å²) in [4.78, 5) is 0. The molecule has 0 fully saturated rings. The van der Waals surface area contributed by atoms with Crippen LogP contribution in [0.25, 0.3) is 11.1 Å². The molecule has 2 N–H and O–H groups in total. The Morgan fingerprint density at radius 1 is 1.30 bits per heavy atom. The maximum atomic E-state index is 13.9. The average Bonchev–Trinajstić information content (AvgIpc) is 2.71. The molecule has 1 aromatic carbocycles. The van der Waals surface area contributed by atoms with Gasteiger partial charge in [0.2, 0.25) is 5.88 Å². The third-order valence-corrected chi connectivity index (χ3v) is 5.41. The molecule has 0 aliphatic heterocycles. The Hall–Kier alpha value is -1.89. The van der Waals surface area contributed by atoms with Crippen molar-refractivity contribution < 1.29 is 17.3 Å². The van der Waals surface area contributed by atoms with Crippen molar-refractivity contribution >= 4 is 15.7 Å². The van der Waals surface area contributed by atoms with Gasteiger partial charge in [0.1, 0.15) is 16.3 Å². The lowest BCUT2D eigenvalue weighted by molar-refractivity contribution is 0.417. The van der Waals surface area contributed by atoms with E-state index in [9.17, 15) is 12.8 Å². The normalized spacial score (nSPS) is 12.6. The first kappa shape index (κ1) is 14.5. The van der Waals surface area contributed by atoms with Gasteiger partial charge in [0.25, 0.3) is 0 Å². The number of hydrogen-bond acceptors (Lipinski definition) is 5. The quantitative estimate of drug-likeness (QED) is 0.940. The summed E-state index contributed by atoms with van der Waals surface area (Å²) in [5.74, 6) is -0.630. The molecule has 0 unspecified atom stereocenters. The van der Waals surface area contributed by atoms with Crippen LogP contribution < -0.4 is 5.73 Å². The SMILES string of the molecule is CC(C)(c1noc(N)c1-c1ccccc1F)S(C)(=O)=O. The summed E-state index contributed by atoms with van der Waals surface area (Å²) < 4.78 is 41.3. The minimum atomic E-state index is -3.49. The fraction of sp³-hybridized carbons (Fsp3) is 0.308. The zero-order chi connectivity index (χ0) is 15.1. The minimum Gasteiger partial charge on any atom is -0.367 e. The molecule has 0 aliphatic rings. The fourth-order valence-electron chi connectivity index (χ4n) is 1.81. The van der Waals surface area contributed by atoms with Crippen molar-refractivity contribution in [1.82, 2.24) is 5.16 Å². The number of benzene rings is 1. The van der Waals surface area contributed by atoms with Gasteiger partial charge in [-0.25, -0.2) is 12.8 Å². The van der Waals surface area contributed by atoms with E-state index in [2.05, 4.69) is 5.16 Å². The number of halogens is 1. The van der Waals surface area contributed by atoms with Gasteiger partial charge < -0.3 is 10.3 Å². The van der Waals surface area contributed by atoms with E-state index in [1.807, 2.05) is 0 Å². The van der Waals surface area contributed by atoms with Crippen LogP contribution in [0.3, 0.4) is 0 Å². The van der Waals surface area contributed by atoms with E-state index >= 15 is 0 Å². The molecule has 7 heteroatoms. The zero-order valence-electron chi connectivity index (χ0n) is 11.3. The lowest BCUT2D eigenvalue weighted by Crippen LogP contribution is -2.29. The average molecular weight is 298 g/mol. The number of hydrogen-bond donors (Lipinski definition) is 1. The Morgan fingerprint density at radius 3 is 2.45 bits per heavy atom. The third kappa shape index (κ3) is 2.18. The number of nitrogens with two attached hydrogens (primary N) is 1. The van der Waals surface area contributed by atoms with Crippen LogP contribution in [0.5, 0.6) is 0 Å². The van der Waals surface area contributed by atoms with E-state index in [-0.39, 0.29) is 22.7 Å². The van der Waals surface area contributed by atoms with E-state index in [0.29, 0.717) is 0 Å². The predicted molar refractivity (Wildman–Crippen MR) is 74.2 cm³/mol. The molecule has 0 amide bonds. The molecule has 108 valence electrons. The lowest BCUT2D eigenvalue weighted by Gasteiger charge is -2.21. The molecule has 2 aromatic rings. The third-order valence-electron chi connectivity index (χ3n) is 3.36. The van der Waals surface area contributed by atoms with Gasteiger partial charge in [-0.2, -0.15) is 0 Å². The highest BCUT2D eigenvalue weighted by Crippen LogP contribution is 2.40. The summed E-state index contributed by atoms with van der Waals surface area (Å²) >= 11 is 0. The molecule has 0 saturated carbocycles. The summed E-state index contributed by atoms with van der Waals surface area (Å²) in [5.41, 5.74) is 6.14. The number of rotatable bonds is 3. The van der Waals surface area contributed by atoms with Crippen LogP contribution in [0.4, 0.5) is 10.3 Å². The maximum absolute atomic E-state index is 13.9. The summed E-state index contributed by atoms with van der Waals surface area (Å²) in [6, 6.07) is 5.92.